The van der Waals surface area contributed by atoms with Gasteiger partial charge in [-0.15, -0.1) is 23.2 Å². The number of hydrogen-bond acceptors (Lipinski definition) is 4. The minimum atomic E-state index is -2.93. The van der Waals surface area contributed by atoms with Crippen LogP contribution in [0.15, 0.2) is 0 Å². The molecule has 0 amide bonds. The van der Waals surface area contributed by atoms with Gasteiger partial charge in [-0.1, -0.05) is 26.7 Å². The number of rotatable bonds is 11. The Hall–Kier alpha value is 1.40. The summed E-state index contributed by atoms with van der Waals surface area (Å²) in [6.45, 7) is 1.69. The Morgan fingerprint density at radius 2 is 1.39 bits per heavy atom. The van der Waals surface area contributed by atoms with Crippen LogP contribution in [-0.4, -0.2) is 24.0 Å². The molecule has 2 unspecified atom stereocenters. The van der Waals surface area contributed by atoms with Gasteiger partial charge in [-0.25, -0.2) is 0 Å². The van der Waals surface area contributed by atoms with Crippen molar-refractivity contribution in [2.75, 3.05) is 13.2 Å². The Kier molecular flexibility index (Phi) is 12.0. The Morgan fingerprint density at radius 1 is 1.00 bits per heavy atom. The molecule has 0 N–H and O–H groups in total. The smallest absolute Gasteiger partial charge is 0.306 e. The second-order valence-corrected chi connectivity index (χ2v) is 8.42. The van der Waals surface area contributed by atoms with Gasteiger partial charge in [0.05, 0.1) is 35.8 Å². The van der Waals surface area contributed by atoms with Gasteiger partial charge < -0.3 is 9.05 Å². The van der Waals surface area contributed by atoms with E-state index in [9.17, 15) is 0 Å². The zero-order valence-corrected chi connectivity index (χ0v) is 14.6. The van der Waals surface area contributed by atoms with Crippen molar-refractivity contribution in [2.24, 2.45) is 0 Å². The second kappa shape index (κ2) is 11.1. The second-order valence-electron chi connectivity index (χ2n) is 3.88. The molecule has 0 aromatic carbocycles. The molecule has 0 bridgehead atoms. The summed E-state index contributed by atoms with van der Waals surface area (Å²) in [4.78, 5) is 0. The van der Waals surface area contributed by atoms with E-state index in [1.807, 2.05) is 13.8 Å². The van der Waals surface area contributed by atoms with Crippen LogP contribution in [0.4, 0.5) is 0 Å². The first-order valence-electron chi connectivity index (χ1n) is 5.95. The molecular weight excluding hydrogens is 338 g/mol. The van der Waals surface area contributed by atoms with Crippen molar-refractivity contribution < 1.29 is 13.1 Å². The number of hydrogen-bond donors (Lipinski definition) is 0. The largest absolute Gasteiger partial charge is 0.344 e. The van der Waals surface area contributed by atoms with Crippen molar-refractivity contribution in [3.8, 4) is 0 Å². The average molecular weight is 358 g/mol. The lowest BCUT2D eigenvalue weighted by molar-refractivity contribution is 0.202. The van der Waals surface area contributed by atoms with Gasteiger partial charge in [0.1, 0.15) is 0 Å². The number of alkyl halides is 2. The third kappa shape index (κ3) is 9.33. The number of halogens is 3. The SMILES string of the molecule is CCCC(Cl)COP(=S)(OCl)OCC(Cl)CCC. The van der Waals surface area contributed by atoms with Crippen LogP contribution in [-0.2, 0) is 24.9 Å². The van der Waals surface area contributed by atoms with Gasteiger partial charge >= 0.3 is 6.72 Å². The quantitative estimate of drug-likeness (QED) is 0.374. The predicted octanol–water partition coefficient (Wildman–Crippen LogP) is 5.23. The zero-order valence-electron chi connectivity index (χ0n) is 10.6. The fraction of sp³-hybridized carbons (Fsp3) is 1.00. The molecule has 0 aromatic rings. The van der Waals surface area contributed by atoms with Crippen LogP contribution in [0.5, 0.6) is 0 Å². The maximum atomic E-state index is 6.02. The van der Waals surface area contributed by atoms with E-state index in [4.69, 9.17) is 55.9 Å². The lowest BCUT2D eigenvalue weighted by Crippen LogP contribution is -2.12. The van der Waals surface area contributed by atoms with Gasteiger partial charge in [-0.3, -0.25) is 0 Å². The van der Waals surface area contributed by atoms with Gasteiger partial charge in [0.15, 0.2) is 0 Å². The molecule has 8 heteroatoms. The summed E-state index contributed by atoms with van der Waals surface area (Å²) in [5, 5.41) is -0.231. The average Bonchev–Trinajstić information content (AvgIpc) is 2.35. The molecule has 2 atom stereocenters. The van der Waals surface area contributed by atoms with Gasteiger partial charge in [0, 0.05) is 0 Å². The molecule has 0 aliphatic rings. The molecule has 0 fully saturated rings. The minimum absolute atomic E-state index is 0.116. The van der Waals surface area contributed by atoms with Gasteiger partial charge in [-0.05, 0) is 24.6 Å². The maximum absolute atomic E-state index is 6.02. The summed E-state index contributed by atoms with van der Waals surface area (Å²) >= 11 is 22.5. The molecule has 0 rings (SSSR count). The molecule has 0 saturated heterocycles. The zero-order chi connectivity index (χ0) is 14.0. The summed E-state index contributed by atoms with van der Waals surface area (Å²) in [6, 6.07) is 0. The van der Waals surface area contributed by atoms with Crippen LogP contribution in [0, 0.1) is 0 Å². The highest BCUT2D eigenvalue weighted by Crippen LogP contribution is 2.51. The predicted molar refractivity (Wildman–Crippen MR) is 82.2 cm³/mol. The van der Waals surface area contributed by atoms with E-state index in [-0.39, 0.29) is 24.0 Å². The molecule has 0 heterocycles. The molecule has 0 aliphatic carbocycles. The Balaban J connectivity index is 4.06. The van der Waals surface area contributed by atoms with E-state index < -0.39 is 6.72 Å². The van der Waals surface area contributed by atoms with Crippen LogP contribution < -0.4 is 0 Å². The highest BCUT2D eigenvalue weighted by atomic mass is 35.5. The fourth-order valence-corrected chi connectivity index (χ4v) is 3.44. The maximum Gasteiger partial charge on any atom is 0.344 e. The van der Waals surface area contributed by atoms with Gasteiger partial charge in [0.25, 0.3) is 0 Å². The fourth-order valence-electron chi connectivity index (χ4n) is 1.21. The third-order valence-electron chi connectivity index (χ3n) is 2.12. The third-order valence-corrected chi connectivity index (χ3v) is 5.55. The highest BCUT2D eigenvalue weighted by Gasteiger charge is 2.23. The molecule has 18 heavy (non-hydrogen) atoms. The molecule has 110 valence electrons. The van der Waals surface area contributed by atoms with E-state index in [1.165, 1.54) is 0 Å². The highest BCUT2D eigenvalue weighted by molar-refractivity contribution is 8.07. The topological polar surface area (TPSA) is 27.7 Å². The first-order chi connectivity index (χ1) is 8.47. The summed E-state index contributed by atoms with van der Waals surface area (Å²) in [5.74, 6) is 0. The molecule has 0 spiro atoms. The summed E-state index contributed by atoms with van der Waals surface area (Å²) < 4.78 is 15.4. The summed E-state index contributed by atoms with van der Waals surface area (Å²) in [6.07, 6.45) is 3.63. The summed E-state index contributed by atoms with van der Waals surface area (Å²) in [7, 11) is 0. The van der Waals surface area contributed by atoms with E-state index in [1.54, 1.807) is 0 Å². The molecule has 0 aromatic heterocycles. The lowest BCUT2D eigenvalue weighted by atomic mass is 10.3. The van der Waals surface area contributed by atoms with Gasteiger partial charge in [0.2, 0.25) is 0 Å². The van der Waals surface area contributed by atoms with E-state index >= 15 is 0 Å². The van der Waals surface area contributed by atoms with Crippen molar-refractivity contribution in [3.05, 3.63) is 0 Å². The Morgan fingerprint density at radius 3 is 1.67 bits per heavy atom. The van der Waals surface area contributed by atoms with Crippen molar-refractivity contribution in [3.63, 3.8) is 0 Å². The molecule has 0 aliphatic heterocycles. The molecule has 0 radical (unpaired) electrons. The van der Waals surface area contributed by atoms with Crippen molar-refractivity contribution in [2.45, 2.75) is 50.3 Å². The normalized spacial score (nSPS) is 18.3. The van der Waals surface area contributed by atoms with Crippen LogP contribution in [0.2, 0.25) is 0 Å². The van der Waals surface area contributed by atoms with Crippen molar-refractivity contribution in [1.82, 2.24) is 0 Å². The first-order valence-corrected chi connectivity index (χ1v) is 9.68. The molecule has 0 saturated carbocycles. The van der Waals surface area contributed by atoms with E-state index in [0.717, 1.165) is 25.7 Å². The molecule has 3 nitrogen and oxygen atoms in total. The van der Waals surface area contributed by atoms with Crippen molar-refractivity contribution >= 4 is 53.6 Å². The monoisotopic (exact) mass is 356 g/mol. The Bertz CT molecular complexity index is 239. The van der Waals surface area contributed by atoms with Gasteiger partial charge in [-0.2, -0.15) is 4.08 Å². The van der Waals surface area contributed by atoms with Crippen molar-refractivity contribution in [1.29, 1.82) is 0 Å². The van der Waals surface area contributed by atoms with Crippen LogP contribution >= 0.6 is 41.8 Å². The van der Waals surface area contributed by atoms with Crippen LogP contribution in [0.3, 0.4) is 0 Å². The van der Waals surface area contributed by atoms with E-state index in [2.05, 4.69) is 4.08 Å². The Labute approximate surface area is 130 Å². The standard InChI is InChI=1S/C10H20Cl3O3PS/c1-3-5-9(11)7-14-17(18,16-13)15-8-10(12)6-4-2/h9-10H,3-8H2,1-2H3. The minimum Gasteiger partial charge on any atom is -0.306 e. The van der Waals surface area contributed by atoms with E-state index in [0.29, 0.717) is 0 Å². The van der Waals surface area contributed by atoms with Crippen LogP contribution in [0.1, 0.15) is 39.5 Å². The molecular formula is C10H20Cl3O3PS. The van der Waals surface area contributed by atoms with Crippen LogP contribution in [0.25, 0.3) is 0 Å². The lowest BCUT2D eigenvalue weighted by Gasteiger charge is -2.20. The first kappa shape index (κ1) is 19.4. The summed E-state index contributed by atoms with van der Waals surface area (Å²) in [5.41, 5.74) is 0.